The Labute approximate surface area is 255 Å². The highest BCUT2D eigenvalue weighted by Gasteiger charge is 2.48. The number of benzene rings is 3. The summed E-state index contributed by atoms with van der Waals surface area (Å²) in [5.41, 5.74) is 12.2. The average Bonchev–Trinajstić information content (AvgIpc) is 3.70. The van der Waals surface area contributed by atoms with Crippen LogP contribution in [0, 0.1) is 0 Å². The molecule has 0 bridgehead atoms. The number of carbonyl (C=O) groups excluding carboxylic acids is 4. The lowest BCUT2D eigenvalue weighted by molar-refractivity contribution is -0.135. The molecule has 3 aromatic carbocycles. The predicted molar refractivity (Wildman–Crippen MR) is 167 cm³/mol. The number of nitrogens with one attached hydrogen (secondary N) is 2. The van der Waals surface area contributed by atoms with Gasteiger partial charge >= 0.3 is 18.2 Å². The van der Waals surface area contributed by atoms with E-state index in [1.807, 2.05) is 30.3 Å². The second-order valence-electron chi connectivity index (χ2n) is 10.8. The topological polar surface area (TPSA) is 177 Å². The lowest BCUT2D eigenvalue weighted by atomic mass is 10.2. The fourth-order valence-electron chi connectivity index (χ4n) is 5.98. The molecule has 6 amide bonds. The van der Waals surface area contributed by atoms with E-state index >= 15 is 4.57 Å². The van der Waals surface area contributed by atoms with Gasteiger partial charge in [-0.05, 0) is 55.5 Å². The van der Waals surface area contributed by atoms with Gasteiger partial charge in [-0.2, -0.15) is 0 Å². The molecule has 2 atom stereocenters. The maximum atomic E-state index is 15.5. The van der Waals surface area contributed by atoms with Crippen LogP contribution in [-0.4, -0.2) is 58.8 Å². The normalized spacial score (nSPS) is 18.1. The van der Waals surface area contributed by atoms with Gasteiger partial charge in [-0.25, -0.2) is 14.4 Å². The smallest absolute Gasteiger partial charge is 0.410 e. The minimum absolute atomic E-state index is 0.0873. The van der Waals surface area contributed by atoms with Crippen molar-refractivity contribution in [1.82, 2.24) is 9.80 Å². The van der Waals surface area contributed by atoms with Crippen molar-refractivity contribution in [3.8, 4) is 0 Å². The zero-order chi connectivity index (χ0) is 31.3. The van der Waals surface area contributed by atoms with Crippen LogP contribution in [0.5, 0.6) is 0 Å². The fourth-order valence-corrected chi connectivity index (χ4v) is 9.41. The third-order valence-corrected chi connectivity index (χ3v) is 11.4. The van der Waals surface area contributed by atoms with Crippen LogP contribution in [0.25, 0.3) is 0 Å². The summed E-state index contributed by atoms with van der Waals surface area (Å²) in [4.78, 5) is 53.6. The van der Waals surface area contributed by atoms with Gasteiger partial charge in [0.05, 0.1) is 5.78 Å². The molecular weight excluding hydrogens is 583 g/mol. The Morgan fingerprint density at radius 3 is 1.93 bits per heavy atom. The maximum Gasteiger partial charge on any atom is 0.410 e. The Bertz CT molecular complexity index is 1540. The predicted octanol–water partition coefficient (Wildman–Crippen LogP) is 3.73. The van der Waals surface area contributed by atoms with E-state index in [9.17, 15) is 19.2 Å². The molecule has 1 unspecified atom stereocenters. The maximum absolute atomic E-state index is 15.5. The Morgan fingerprint density at radius 2 is 1.34 bits per heavy atom. The van der Waals surface area contributed by atoms with Gasteiger partial charge in [-0.1, -0.05) is 54.6 Å². The summed E-state index contributed by atoms with van der Waals surface area (Å²) in [6.45, 7) is 0.821. The van der Waals surface area contributed by atoms with Crippen LogP contribution in [0.4, 0.5) is 25.8 Å². The summed E-state index contributed by atoms with van der Waals surface area (Å²) in [6.07, 6.45) is 1.57. The quantitative estimate of drug-likeness (QED) is 0.280. The molecule has 2 aliphatic heterocycles. The largest absolute Gasteiger partial charge is 0.445 e. The van der Waals surface area contributed by atoms with E-state index in [1.165, 1.54) is 4.90 Å². The van der Waals surface area contributed by atoms with Crippen molar-refractivity contribution in [1.29, 1.82) is 0 Å². The second-order valence-corrected chi connectivity index (χ2v) is 13.7. The lowest BCUT2D eigenvalue weighted by Crippen LogP contribution is -2.50. The molecule has 0 spiro atoms. The SMILES string of the molecule is NC(=O)Nc1cccc(P(=O)(c2cccc(NC(N)=O)c2)C2CCCN2C(=O)[C@@H]2CCCN2C(=O)OCc2ccccc2)c1. The highest BCUT2D eigenvalue weighted by atomic mass is 31.2. The number of urea groups is 2. The Morgan fingerprint density at radius 1 is 0.773 bits per heavy atom. The van der Waals surface area contributed by atoms with Crippen LogP contribution in [0.1, 0.15) is 31.2 Å². The Balaban J connectivity index is 1.47. The number of rotatable bonds is 8. The standard InChI is InChI=1S/C31H35N6O6P/c32-29(39)34-22-10-4-12-24(18-22)44(42,25-13-5-11-23(19-25)35-30(33)40)27-15-7-17-37(27)28(38)26-14-6-16-36(26)31(41)43-20-21-8-2-1-3-9-21/h1-5,8-13,18-19,26-27H,6-7,14-17,20H2,(H3,32,34,39)(H3,33,35,40)/t26-,27?/m0/s1. The van der Waals surface area contributed by atoms with Crippen LogP contribution in [0.3, 0.4) is 0 Å². The number of hydrogen-bond acceptors (Lipinski definition) is 6. The molecule has 3 aromatic rings. The molecule has 2 fully saturated rings. The van der Waals surface area contributed by atoms with Crippen molar-refractivity contribution in [3.05, 3.63) is 84.4 Å². The monoisotopic (exact) mass is 618 g/mol. The van der Waals surface area contributed by atoms with Crippen molar-refractivity contribution >= 4 is 53.2 Å². The number of primary amides is 2. The number of nitrogens with two attached hydrogens (primary N) is 2. The minimum atomic E-state index is -3.67. The molecule has 44 heavy (non-hydrogen) atoms. The van der Waals surface area contributed by atoms with Crippen molar-refractivity contribution in [2.24, 2.45) is 11.5 Å². The van der Waals surface area contributed by atoms with E-state index < -0.39 is 37.1 Å². The summed E-state index contributed by atoms with van der Waals surface area (Å²) < 4.78 is 21.1. The van der Waals surface area contributed by atoms with E-state index in [2.05, 4.69) is 10.6 Å². The first-order valence-corrected chi connectivity index (χ1v) is 16.2. The third kappa shape index (κ3) is 6.55. The molecule has 2 heterocycles. The Hall–Kier alpha value is -4.83. The summed E-state index contributed by atoms with van der Waals surface area (Å²) in [5.74, 6) is -1.04. The van der Waals surface area contributed by atoms with Gasteiger partial charge in [-0.3, -0.25) is 9.69 Å². The van der Waals surface area contributed by atoms with Crippen LogP contribution in [-0.2, 0) is 20.7 Å². The molecule has 6 N–H and O–H groups in total. The molecule has 5 rings (SSSR count). The van der Waals surface area contributed by atoms with E-state index in [0.29, 0.717) is 60.8 Å². The first kappa shape index (κ1) is 30.6. The van der Waals surface area contributed by atoms with Gasteiger partial charge in [0.25, 0.3) is 0 Å². The summed E-state index contributed by atoms with van der Waals surface area (Å²) in [6, 6.07) is 20.1. The molecule has 2 aliphatic rings. The van der Waals surface area contributed by atoms with Crippen LogP contribution < -0.4 is 32.7 Å². The molecule has 0 aliphatic carbocycles. The molecule has 2 saturated heterocycles. The molecule has 12 nitrogen and oxygen atoms in total. The van der Waals surface area contributed by atoms with Crippen molar-refractivity contribution in [3.63, 3.8) is 0 Å². The van der Waals surface area contributed by atoms with Crippen molar-refractivity contribution in [2.45, 2.75) is 44.1 Å². The van der Waals surface area contributed by atoms with Gasteiger partial charge < -0.3 is 36.3 Å². The van der Waals surface area contributed by atoms with E-state index in [1.54, 1.807) is 53.4 Å². The number of carbonyl (C=O) groups is 4. The van der Waals surface area contributed by atoms with Crippen LogP contribution >= 0.6 is 7.14 Å². The first-order valence-electron chi connectivity index (χ1n) is 14.4. The van der Waals surface area contributed by atoms with Gasteiger partial charge in [0.15, 0.2) is 7.14 Å². The van der Waals surface area contributed by atoms with Crippen LogP contribution in [0.2, 0.25) is 0 Å². The van der Waals surface area contributed by atoms with Gasteiger partial charge in [0, 0.05) is 35.1 Å². The molecular formula is C31H35N6O6P. The van der Waals surface area contributed by atoms with Crippen LogP contribution in [0.15, 0.2) is 78.9 Å². The first-order chi connectivity index (χ1) is 21.2. The molecule has 13 heteroatoms. The average molecular weight is 619 g/mol. The van der Waals surface area contributed by atoms with E-state index in [-0.39, 0.29) is 12.5 Å². The fraction of sp³-hybridized carbons (Fsp3) is 0.290. The number of likely N-dealkylation sites (tertiary alicyclic amines) is 2. The summed E-state index contributed by atoms with van der Waals surface area (Å²) in [7, 11) is -3.67. The highest BCUT2D eigenvalue weighted by molar-refractivity contribution is 7.79. The minimum Gasteiger partial charge on any atom is -0.445 e. The third-order valence-electron chi connectivity index (χ3n) is 7.90. The van der Waals surface area contributed by atoms with Gasteiger partial charge in [0.1, 0.15) is 12.6 Å². The van der Waals surface area contributed by atoms with E-state index in [4.69, 9.17) is 16.2 Å². The number of anilines is 2. The van der Waals surface area contributed by atoms with Crippen molar-refractivity contribution in [2.75, 3.05) is 23.7 Å². The van der Waals surface area contributed by atoms with E-state index in [0.717, 1.165) is 5.56 Å². The zero-order valence-corrected chi connectivity index (χ0v) is 25.0. The number of amides is 6. The highest BCUT2D eigenvalue weighted by Crippen LogP contribution is 2.54. The van der Waals surface area contributed by atoms with Gasteiger partial charge in [0.2, 0.25) is 5.91 Å². The zero-order valence-electron chi connectivity index (χ0n) is 24.1. The second kappa shape index (κ2) is 13.2. The molecule has 230 valence electrons. The molecule has 0 saturated carbocycles. The molecule has 0 aromatic heterocycles. The number of hydrogen-bond donors (Lipinski definition) is 4. The van der Waals surface area contributed by atoms with Crippen molar-refractivity contribution < 1.29 is 28.5 Å². The number of nitrogens with zero attached hydrogens (tertiary/aromatic N) is 2. The number of ether oxygens (including phenoxy) is 1. The van der Waals surface area contributed by atoms with Gasteiger partial charge in [-0.15, -0.1) is 0 Å². The summed E-state index contributed by atoms with van der Waals surface area (Å²) in [5, 5.41) is 5.84. The molecule has 0 radical (unpaired) electrons. The Kier molecular flexibility index (Phi) is 9.20. The summed E-state index contributed by atoms with van der Waals surface area (Å²) >= 11 is 0. The lowest BCUT2D eigenvalue weighted by Gasteiger charge is -2.35.